The second kappa shape index (κ2) is 13.6. The summed E-state index contributed by atoms with van der Waals surface area (Å²) in [5.74, 6) is 0.997. The van der Waals surface area contributed by atoms with Gasteiger partial charge in [-0.1, -0.05) is 23.7 Å². The fraction of sp³-hybridized carbons (Fsp3) is 0.667. The minimum absolute atomic E-state index is 0. The molecular weight excluding hydrogens is 503 g/mol. The summed E-state index contributed by atoms with van der Waals surface area (Å²) in [5.41, 5.74) is 1.31. The van der Waals surface area contributed by atoms with Crippen molar-refractivity contribution in [2.75, 3.05) is 59.6 Å². The van der Waals surface area contributed by atoms with Crippen LogP contribution in [-0.4, -0.2) is 81.5 Å². The summed E-state index contributed by atoms with van der Waals surface area (Å²) in [6, 6.07) is 8.14. The Morgan fingerprint density at radius 1 is 1.17 bits per heavy atom. The lowest BCUT2D eigenvalue weighted by Crippen LogP contribution is -2.52. The lowest BCUT2D eigenvalue weighted by molar-refractivity contribution is -0.0320. The van der Waals surface area contributed by atoms with E-state index in [0.717, 1.165) is 89.3 Å². The summed E-state index contributed by atoms with van der Waals surface area (Å²) >= 11 is 5.97. The van der Waals surface area contributed by atoms with Crippen LogP contribution in [0, 0.1) is 0 Å². The molecule has 1 aromatic carbocycles. The zero-order chi connectivity index (χ0) is 19.6. The van der Waals surface area contributed by atoms with Gasteiger partial charge < -0.3 is 19.7 Å². The molecular formula is C21H34ClIN4O2. The standard InChI is InChI=1S/C21H33ClN4O2.HI/c1-23-21(24-9-2-14-28-20-7-15-27-16-8-20)26-12-10-25(11-13-26)17-18-3-5-19(22)6-4-18;/h3-6,20H,2,7-17H2,1H3,(H,23,24);1H. The summed E-state index contributed by atoms with van der Waals surface area (Å²) in [5, 5.41) is 4.28. The van der Waals surface area contributed by atoms with E-state index in [2.05, 4.69) is 32.2 Å². The van der Waals surface area contributed by atoms with Crippen LogP contribution in [0.4, 0.5) is 0 Å². The van der Waals surface area contributed by atoms with Crippen LogP contribution in [0.2, 0.25) is 5.02 Å². The van der Waals surface area contributed by atoms with Gasteiger partial charge in [0, 0.05) is 71.2 Å². The van der Waals surface area contributed by atoms with E-state index in [-0.39, 0.29) is 24.0 Å². The molecule has 2 saturated heterocycles. The number of nitrogens with zero attached hydrogens (tertiary/aromatic N) is 3. The quantitative estimate of drug-likeness (QED) is 0.251. The zero-order valence-corrected chi connectivity index (χ0v) is 20.4. The molecule has 0 unspecified atom stereocenters. The van der Waals surface area contributed by atoms with Gasteiger partial charge in [0.2, 0.25) is 0 Å². The van der Waals surface area contributed by atoms with E-state index in [0.29, 0.717) is 6.10 Å². The van der Waals surface area contributed by atoms with Crippen LogP contribution in [0.3, 0.4) is 0 Å². The van der Waals surface area contributed by atoms with Crippen molar-refractivity contribution in [3.63, 3.8) is 0 Å². The first-order valence-electron chi connectivity index (χ1n) is 10.4. The van der Waals surface area contributed by atoms with E-state index in [4.69, 9.17) is 21.1 Å². The largest absolute Gasteiger partial charge is 0.381 e. The molecule has 0 atom stereocenters. The number of ether oxygens (including phenoxy) is 2. The van der Waals surface area contributed by atoms with Gasteiger partial charge in [0.05, 0.1) is 6.10 Å². The fourth-order valence-electron chi connectivity index (χ4n) is 3.66. The highest BCUT2D eigenvalue weighted by atomic mass is 127. The first-order valence-corrected chi connectivity index (χ1v) is 10.7. The summed E-state index contributed by atoms with van der Waals surface area (Å²) in [7, 11) is 1.86. The first-order chi connectivity index (χ1) is 13.7. The van der Waals surface area contributed by atoms with Crippen molar-refractivity contribution in [2.45, 2.75) is 31.9 Å². The molecule has 0 saturated carbocycles. The molecule has 0 spiro atoms. The Bertz CT molecular complexity index is 603. The van der Waals surface area contributed by atoms with Crippen molar-refractivity contribution in [2.24, 2.45) is 4.99 Å². The molecule has 3 rings (SSSR count). The van der Waals surface area contributed by atoms with Gasteiger partial charge in [0.15, 0.2) is 5.96 Å². The smallest absolute Gasteiger partial charge is 0.193 e. The zero-order valence-electron chi connectivity index (χ0n) is 17.3. The minimum Gasteiger partial charge on any atom is -0.381 e. The Hall–Kier alpha value is -0.610. The molecule has 1 aromatic rings. The Balaban J connectivity index is 0.00000300. The molecule has 0 aromatic heterocycles. The van der Waals surface area contributed by atoms with Crippen LogP contribution >= 0.6 is 35.6 Å². The molecule has 29 heavy (non-hydrogen) atoms. The van der Waals surface area contributed by atoms with Crippen molar-refractivity contribution in [1.82, 2.24) is 15.1 Å². The van der Waals surface area contributed by atoms with Crippen LogP contribution in [0.1, 0.15) is 24.8 Å². The van der Waals surface area contributed by atoms with E-state index in [1.165, 1.54) is 5.56 Å². The summed E-state index contributed by atoms with van der Waals surface area (Å²) in [6.45, 7) is 8.38. The predicted molar refractivity (Wildman–Crippen MR) is 129 cm³/mol. The van der Waals surface area contributed by atoms with Crippen LogP contribution < -0.4 is 5.32 Å². The van der Waals surface area contributed by atoms with Gasteiger partial charge in [-0.25, -0.2) is 0 Å². The highest BCUT2D eigenvalue weighted by Crippen LogP contribution is 2.13. The SMILES string of the molecule is CN=C(NCCCOC1CCOCC1)N1CCN(Cc2ccc(Cl)cc2)CC1.I. The molecule has 2 aliphatic rings. The minimum atomic E-state index is 0. The maximum absolute atomic E-state index is 5.97. The van der Waals surface area contributed by atoms with Crippen LogP contribution in [0.15, 0.2) is 29.3 Å². The van der Waals surface area contributed by atoms with E-state index in [9.17, 15) is 0 Å². The number of piperazine rings is 1. The molecule has 0 radical (unpaired) electrons. The molecule has 2 fully saturated rings. The molecule has 0 amide bonds. The van der Waals surface area contributed by atoms with Crippen LogP contribution in [0.25, 0.3) is 0 Å². The summed E-state index contributed by atoms with van der Waals surface area (Å²) < 4.78 is 11.3. The molecule has 0 aliphatic carbocycles. The number of nitrogens with one attached hydrogen (secondary N) is 1. The van der Waals surface area contributed by atoms with E-state index >= 15 is 0 Å². The van der Waals surface area contributed by atoms with Gasteiger partial charge in [-0.15, -0.1) is 24.0 Å². The molecule has 164 valence electrons. The highest BCUT2D eigenvalue weighted by Gasteiger charge is 2.19. The number of halogens is 2. The third-order valence-electron chi connectivity index (χ3n) is 5.33. The second-order valence-electron chi connectivity index (χ2n) is 7.40. The third kappa shape index (κ3) is 8.57. The summed E-state index contributed by atoms with van der Waals surface area (Å²) in [4.78, 5) is 9.28. The van der Waals surface area contributed by atoms with Crippen molar-refractivity contribution >= 4 is 41.5 Å². The van der Waals surface area contributed by atoms with Crippen molar-refractivity contribution in [3.05, 3.63) is 34.9 Å². The van der Waals surface area contributed by atoms with Gasteiger partial charge in [-0.3, -0.25) is 9.89 Å². The Labute approximate surface area is 197 Å². The molecule has 2 heterocycles. The number of guanidine groups is 1. The van der Waals surface area contributed by atoms with Gasteiger partial charge in [-0.05, 0) is 37.0 Å². The van der Waals surface area contributed by atoms with E-state index in [1.54, 1.807) is 0 Å². The normalized spacial score (nSPS) is 19.1. The Kier molecular flexibility index (Phi) is 11.6. The van der Waals surface area contributed by atoms with Crippen molar-refractivity contribution in [1.29, 1.82) is 0 Å². The molecule has 6 nitrogen and oxygen atoms in total. The average molecular weight is 537 g/mol. The van der Waals surface area contributed by atoms with E-state index < -0.39 is 0 Å². The molecule has 0 bridgehead atoms. The van der Waals surface area contributed by atoms with Crippen LogP contribution in [-0.2, 0) is 16.0 Å². The van der Waals surface area contributed by atoms with Crippen LogP contribution in [0.5, 0.6) is 0 Å². The number of hydrogen-bond donors (Lipinski definition) is 1. The Morgan fingerprint density at radius 3 is 2.52 bits per heavy atom. The van der Waals surface area contributed by atoms with Crippen molar-refractivity contribution < 1.29 is 9.47 Å². The Morgan fingerprint density at radius 2 is 1.86 bits per heavy atom. The number of aliphatic imine (C=N–C) groups is 1. The second-order valence-corrected chi connectivity index (χ2v) is 7.84. The topological polar surface area (TPSA) is 49.3 Å². The predicted octanol–water partition coefficient (Wildman–Crippen LogP) is 3.24. The number of benzene rings is 1. The van der Waals surface area contributed by atoms with E-state index in [1.807, 2.05) is 19.2 Å². The van der Waals surface area contributed by atoms with Gasteiger partial charge in [0.1, 0.15) is 0 Å². The van der Waals surface area contributed by atoms with Gasteiger partial charge >= 0.3 is 0 Å². The molecule has 1 N–H and O–H groups in total. The lowest BCUT2D eigenvalue weighted by Gasteiger charge is -2.36. The molecule has 8 heteroatoms. The lowest BCUT2D eigenvalue weighted by atomic mass is 10.1. The average Bonchev–Trinajstić information content (AvgIpc) is 2.74. The molecule has 2 aliphatic heterocycles. The maximum atomic E-state index is 5.97. The number of rotatable bonds is 7. The maximum Gasteiger partial charge on any atom is 0.193 e. The highest BCUT2D eigenvalue weighted by molar-refractivity contribution is 14.0. The van der Waals surface area contributed by atoms with Crippen molar-refractivity contribution in [3.8, 4) is 0 Å². The first kappa shape index (κ1) is 24.7. The summed E-state index contributed by atoms with van der Waals surface area (Å²) in [6.07, 6.45) is 3.42. The van der Waals surface area contributed by atoms with Gasteiger partial charge in [0.25, 0.3) is 0 Å². The third-order valence-corrected chi connectivity index (χ3v) is 5.58. The monoisotopic (exact) mass is 536 g/mol. The fourth-order valence-corrected chi connectivity index (χ4v) is 3.79. The number of hydrogen-bond acceptors (Lipinski definition) is 4. The van der Waals surface area contributed by atoms with Gasteiger partial charge in [-0.2, -0.15) is 0 Å².